The zero-order valence-corrected chi connectivity index (χ0v) is 9.40. The smallest absolute Gasteiger partial charge is 0.155 e. The van der Waals surface area contributed by atoms with Gasteiger partial charge in [-0.3, -0.25) is 0 Å². The van der Waals surface area contributed by atoms with Gasteiger partial charge in [-0.2, -0.15) is 5.10 Å². The number of hydrogen-bond donors (Lipinski definition) is 1. The summed E-state index contributed by atoms with van der Waals surface area (Å²) >= 11 is 3.34. The lowest BCUT2D eigenvalue weighted by molar-refractivity contribution is 0.712. The van der Waals surface area contributed by atoms with E-state index < -0.39 is 0 Å². The summed E-state index contributed by atoms with van der Waals surface area (Å²) in [6.07, 6.45) is 4.42. The molecule has 2 aromatic rings. The van der Waals surface area contributed by atoms with Gasteiger partial charge >= 0.3 is 0 Å². The molecule has 14 heavy (non-hydrogen) atoms. The van der Waals surface area contributed by atoms with Gasteiger partial charge in [-0.25, -0.2) is 9.50 Å². The predicted molar refractivity (Wildman–Crippen MR) is 58.0 cm³/mol. The highest BCUT2D eigenvalue weighted by Crippen LogP contribution is 2.10. The number of nitrogens with zero attached hydrogens (tertiary/aromatic N) is 3. The number of aromatic nitrogens is 3. The molecule has 2 heterocycles. The molecule has 0 aliphatic heterocycles. The minimum absolute atomic E-state index is 0.128. The molecule has 0 amide bonds. The van der Waals surface area contributed by atoms with E-state index in [0.29, 0.717) is 0 Å². The molecule has 0 fully saturated rings. The highest BCUT2D eigenvalue weighted by Gasteiger charge is 2.04. The van der Waals surface area contributed by atoms with E-state index >= 15 is 0 Å². The van der Waals surface area contributed by atoms with E-state index in [9.17, 15) is 0 Å². The summed E-state index contributed by atoms with van der Waals surface area (Å²) in [5.74, 6) is 0. The van der Waals surface area contributed by atoms with Crippen LogP contribution < -0.4 is 5.73 Å². The molecule has 5 heteroatoms. The average Bonchev–Trinajstić information content (AvgIpc) is 2.44. The lowest BCUT2D eigenvalue weighted by atomic mass is 10.2. The Kier molecular flexibility index (Phi) is 2.52. The lowest BCUT2D eigenvalue weighted by Gasteiger charge is -1.98. The standard InChI is InChI=1S/C9H11BrN4/c1-6(11)2-8-3-9-12-4-7(10)5-14(9)13-8/h3-6H,2,11H2,1H3. The van der Waals surface area contributed by atoms with Crippen molar-refractivity contribution in [1.29, 1.82) is 0 Å². The van der Waals surface area contributed by atoms with Crippen LogP contribution >= 0.6 is 15.9 Å². The molecule has 4 nitrogen and oxygen atoms in total. The Labute approximate surface area is 90.3 Å². The second-order valence-corrected chi connectivity index (χ2v) is 4.31. The van der Waals surface area contributed by atoms with Gasteiger partial charge in [0.25, 0.3) is 0 Å². The predicted octanol–water partition coefficient (Wildman–Crippen LogP) is 1.38. The van der Waals surface area contributed by atoms with Gasteiger partial charge in [-0.05, 0) is 22.9 Å². The van der Waals surface area contributed by atoms with Gasteiger partial charge in [0.15, 0.2) is 5.65 Å². The second kappa shape index (κ2) is 3.67. The monoisotopic (exact) mass is 254 g/mol. The third-order valence-electron chi connectivity index (χ3n) is 1.86. The van der Waals surface area contributed by atoms with Gasteiger partial charge in [0.2, 0.25) is 0 Å². The minimum atomic E-state index is 0.128. The summed E-state index contributed by atoms with van der Waals surface area (Å²) < 4.78 is 2.67. The Morgan fingerprint density at radius 2 is 2.43 bits per heavy atom. The SMILES string of the molecule is CC(N)Cc1cc2ncc(Br)cn2n1. The first-order chi connectivity index (χ1) is 6.65. The van der Waals surface area contributed by atoms with Crippen molar-refractivity contribution in [2.24, 2.45) is 5.73 Å². The first kappa shape index (κ1) is 9.61. The van der Waals surface area contributed by atoms with Crippen LogP contribution in [0.5, 0.6) is 0 Å². The van der Waals surface area contributed by atoms with E-state index in [4.69, 9.17) is 5.73 Å². The zero-order valence-electron chi connectivity index (χ0n) is 7.81. The van der Waals surface area contributed by atoms with Crippen molar-refractivity contribution >= 4 is 21.6 Å². The molecule has 1 unspecified atom stereocenters. The highest BCUT2D eigenvalue weighted by molar-refractivity contribution is 9.10. The number of halogens is 1. The van der Waals surface area contributed by atoms with Gasteiger partial charge < -0.3 is 5.73 Å². The summed E-state index contributed by atoms with van der Waals surface area (Å²) in [6, 6.07) is 2.08. The van der Waals surface area contributed by atoms with Crippen LogP contribution in [-0.2, 0) is 6.42 Å². The molecule has 0 spiro atoms. The Hall–Kier alpha value is -0.940. The molecule has 0 aliphatic carbocycles. The van der Waals surface area contributed by atoms with Gasteiger partial charge in [0.1, 0.15) is 0 Å². The van der Waals surface area contributed by atoms with Crippen LogP contribution in [-0.4, -0.2) is 20.6 Å². The fraction of sp³-hybridized carbons (Fsp3) is 0.333. The Balaban J connectivity index is 2.41. The topological polar surface area (TPSA) is 56.2 Å². The Morgan fingerprint density at radius 1 is 1.64 bits per heavy atom. The molecule has 0 aromatic carbocycles. The number of hydrogen-bond acceptors (Lipinski definition) is 3. The normalized spacial score (nSPS) is 13.4. The summed E-state index contributed by atoms with van der Waals surface area (Å²) in [6.45, 7) is 1.97. The van der Waals surface area contributed by atoms with Gasteiger partial charge in [0.05, 0.1) is 10.2 Å². The van der Waals surface area contributed by atoms with Crippen LogP contribution in [0.3, 0.4) is 0 Å². The summed E-state index contributed by atoms with van der Waals surface area (Å²) in [5.41, 5.74) is 7.53. The van der Waals surface area contributed by atoms with Crippen LogP contribution in [0.25, 0.3) is 5.65 Å². The minimum Gasteiger partial charge on any atom is -0.328 e. The molecule has 1 atom stereocenters. The first-order valence-corrected chi connectivity index (χ1v) is 5.20. The van der Waals surface area contributed by atoms with Crippen molar-refractivity contribution in [1.82, 2.24) is 14.6 Å². The van der Waals surface area contributed by atoms with Gasteiger partial charge in [-0.15, -0.1) is 0 Å². The first-order valence-electron chi connectivity index (χ1n) is 4.40. The Morgan fingerprint density at radius 3 is 3.14 bits per heavy atom. The molecular weight excluding hydrogens is 244 g/mol. The van der Waals surface area contributed by atoms with Crippen molar-refractivity contribution in [2.45, 2.75) is 19.4 Å². The molecule has 2 rings (SSSR count). The van der Waals surface area contributed by atoms with Crippen molar-refractivity contribution < 1.29 is 0 Å². The van der Waals surface area contributed by atoms with Crippen LogP contribution in [0.2, 0.25) is 0 Å². The van der Waals surface area contributed by atoms with E-state index in [1.807, 2.05) is 19.2 Å². The molecule has 0 saturated carbocycles. The molecule has 0 aliphatic rings. The zero-order chi connectivity index (χ0) is 10.1. The molecule has 0 bridgehead atoms. The van der Waals surface area contributed by atoms with E-state index in [0.717, 1.165) is 22.2 Å². The van der Waals surface area contributed by atoms with E-state index in [2.05, 4.69) is 26.0 Å². The van der Waals surface area contributed by atoms with E-state index in [1.165, 1.54) is 0 Å². The van der Waals surface area contributed by atoms with Gasteiger partial charge in [0, 0.05) is 30.9 Å². The summed E-state index contributed by atoms with van der Waals surface area (Å²) in [5, 5.41) is 4.36. The summed E-state index contributed by atoms with van der Waals surface area (Å²) in [4.78, 5) is 4.22. The van der Waals surface area contributed by atoms with Crippen molar-refractivity contribution in [2.75, 3.05) is 0 Å². The maximum absolute atomic E-state index is 5.70. The second-order valence-electron chi connectivity index (χ2n) is 3.39. The molecular formula is C9H11BrN4. The number of nitrogens with two attached hydrogens (primary N) is 1. The molecule has 0 saturated heterocycles. The molecule has 74 valence electrons. The van der Waals surface area contributed by atoms with Crippen molar-refractivity contribution in [3.8, 4) is 0 Å². The van der Waals surface area contributed by atoms with E-state index in [1.54, 1.807) is 10.7 Å². The average molecular weight is 255 g/mol. The molecule has 2 aromatic heterocycles. The summed E-state index contributed by atoms with van der Waals surface area (Å²) in [7, 11) is 0. The highest BCUT2D eigenvalue weighted by atomic mass is 79.9. The van der Waals surface area contributed by atoms with Crippen LogP contribution in [0.4, 0.5) is 0 Å². The maximum atomic E-state index is 5.70. The number of fused-ring (bicyclic) bond motifs is 1. The fourth-order valence-electron chi connectivity index (χ4n) is 1.33. The third kappa shape index (κ3) is 1.93. The van der Waals surface area contributed by atoms with E-state index in [-0.39, 0.29) is 6.04 Å². The van der Waals surface area contributed by atoms with Crippen molar-refractivity contribution in [3.63, 3.8) is 0 Å². The van der Waals surface area contributed by atoms with Gasteiger partial charge in [-0.1, -0.05) is 0 Å². The molecule has 2 N–H and O–H groups in total. The quantitative estimate of drug-likeness (QED) is 0.882. The van der Waals surface area contributed by atoms with Crippen LogP contribution in [0.15, 0.2) is 22.9 Å². The Bertz CT molecular complexity index is 449. The largest absolute Gasteiger partial charge is 0.328 e. The fourth-order valence-corrected chi connectivity index (χ4v) is 1.63. The van der Waals surface area contributed by atoms with Crippen LogP contribution in [0, 0.1) is 0 Å². The lowest BCUT2D eigenvalue weighted by Crippen LogP contribution is -2.17. The molecule has 0 radical (unpaired) electrons. The van der Waals surface area contributed by atoms with Crippen LogP contribution in [0.1, 0.15) is 12.6 Å². The third-order valence-corrected chi connectivity index (χ3v) is 2.27. The number of rotatable bonds is 2. The van der Waals surface area contributed by atoms with Crippen molar-refractivity contribution in [3.05, 3.63) is 28.6 Å². The maximum Gasteiger partial charge on any atom is 0.155 e.